The summed E-state index contributed by atoms with van der Waals surface area (Å²) in [6.07, 6.45) is -1.77. The number of anilines is 2. The van der Waals surface area contributed by atoms with Crippen LogP contribution < -0.4 is 25.8 Å². The number of nitrogens with zero attached hydrogens (tertiary/aromatic N) is 4. The molecule has 2 aromatic carbocycles. The van der Waals surface area contributed by atoms with Crippen molar-refractivity contribution in [1.29, 1.82) is 0 Å². The number of nitrogens with two attached hydrogens (primary N) is 1. The quantitative estimate of drug-likeness (QED) is 0.341. The highest BCUT2D eigenvalue weighted by Gasteiger charge is 2.33. The number of aromatic nitrogens is 4. The summed E-state index contributed by atoms with van der Waals surface area (Å²) in [6, 6.07) is 10.2. The third-order valence-corrected chi connectivity index (χ3v) is 6.25. The topological polar surface area (TPSA) is 129 Å². The van der Waals surface area contributed by atoms with Crippen LogP contribution in [-0.2, 0) is 0 Å². The van der Waals surface area contributed by atoms with Crippen molar-refractivity contribution in [3.05, 3.63) is 54.4 Å². The third-order valence-electron chi connectivity index (χ3n) is 6.25. The molecule has 2 aromatic heterocycles. The lowest BCUT2D eigenvalue weighted by atomic mass is 10.1. The molecule has 1 amide bonds. The van der Waals surface area contributed by atoms with Gasteiger partial charge in [0, 0.05) is 5.56 Å². The van der Waals surface area contributed by atoms with E-state index in [0.29, 0.717) is 22.3 Å². The van der Waals surface area contributed by atoms with Gasteiger partial charge in [-0.25, -0.2) is 14.6 Å². The standard InChI is InChI=1S/C25H24F3N7O3/c1-37-19-12-14(6-7-17(19)33-24(36)16-4-2-3-5-18(16)38-25(26,27)28)21-20-22(29)31-13-32-23(20)35(34-21)15-8-10-30-11-9-15/h2-7,12-13,15,30H,8-11H2,1H3,(H,33,36)(H2,29,31,32). The summed E-state index contributed by atoms with van der Waals surface area (Å²) in [5.41, 5.74) is 8.00. The summed E-state index contributed by atoms with van der Waals surface area (Å²) in [4.78, 5) is 21.5. The molecular formula is C25H24F3N7O3. The van der Waals surface area contributed by atoms with Gasteiger partial charge >= 0.3 is 6.36 Å². The Morgan fingerprint density at radius 2 is 1.89 bits per heavy atom. The maximum atomic E-state index is 12.9. The maximum absolute atomic E-state index is 12.9. The first-order chi connectivity index (χ1) is 18.2. The first-order valence-corrected chi connectivity index (χ1v) is 11.8. The van der Waals surface area contributed by atoms with Gasteiger partial charge in [0.1, 0.15) is 29.3 Å². The van der Waals surface area contributed by atoms with E-state index >= 15 is 0 Å². The number of hydrogen-bond acceptors (Lipinski definition) is 8. The van der Waals surface area contributed by atoms with Crippen molar-refractivity contribution in [2.75, 3.05) is 31.2 Å². The Morgan fingerprint density at radius 3 is 2.63 bits per heavy atom. The molecule has 0 bridgehead atoms. The number of benzene rings is 2. The van der Waals surface area contributed by atoms with Crippen LogP contribution in [0.1, 0.15) is 29.2 Å². The molecule has 0 saturated carbocycles. The van der Waals surface area contributed by atoms with Crippen molar-refractivity contribution in [2.45, 2.75) is 25.2 Å². The summed E-state index contributed by atoms with van der Waals surface area (Å²) < 4.78 is 49.7. The fraction of sp³-hybridized carbons (Fsp3) is 0.280. The second kappa shape index (κ2) is 10.2. The Hall–Kier alpha value is -4.39. The number of halogens is 3. The molecule has 0 atom stereocenters. The lowest BCUT2D eigenvalue weighted by Crippen LogP contribution is -2.30. The number of alkyl halides is 3. The molecule has 0 radical (unpaired) electrons. The Morgan fingerprint density at radius 1 is 1.13 bits per heavy atom. The summed E-state index contributed by atoms with van der Waals surface area (Å²) >= 11 is 0. The summed E-state index contributed by atoms with van der Waals surface area (Å²) in [6.45, 7) is 1.72. The second-order valence-electron chi connectivity index (χ2n) is 8.65. The number of methoxy groups -OCH3 is 1. The summed E-state index contributed by atoms with van der Waals surface area (Å²) in [5.74, 6) is -0.861. The van der Waals surface area contributed by atoms with Gasteiger partial charge in [-0.05, 0) is 50.2 Å². The van der Waals surface area contributed by atoms with E-state index in [1.54, 1.807) is 18.2 Å². The van der Waals surface area contributed by atoms with Gasteiger partial charge in [-0.1, -0.05) is 18.2 Å². The van der Waals surface area contributed by atoms with E-state index in [1.165, 1.54) is 31.6 Å². The van der Waals surface area contributed by atoms with E-state index in [1.807, 2.05) is 4.68 Å². The monoisotopic (exact) mass is 527 g/mol. The molecule has 0 spiro atoms. The molecule has 3 heterocycles. The molecule has 5 rings (SSSR count). The number of ether oxygens (including phenoxy) is 2. The van der Waals surface area contributed by atoms with Crippen LogP contribution in [0.15, 0.2) is 48.8 Å². The number of carbonyl (C=O) groups is 1. The van der Waals surface area contributed by atoms with Crippen LogP contribution in [0.5, 0.6) is 11.5 Å². The lowest BCUT2D eigenvalue weighted by molar-refractivity contribution is -0.274. The second-order valence-corrected chi connectivity index (χ2v) is 8.65. The van der Waals surface area contributed by atoms with Crippen LogP contribution in [0.4, 0.5) is 24.7 Å². The number of carbonyl (C=O) groups excluding carboxylic acids is 1. The lowest BCUT2D eigenvalue weighted by Gasteiger charge is -2.23. The van der Waals surface area contributed by atoms with Crippen molar-refractivity contribution in [3.63, 3.8) is 0 Å². The molecule has 1 fully saturated rings. The van der Waals surface area contributed by atoms with Gasteiger partial charge in [-0.3, -0.25) is 4.79 Å². The smallest absolute Gasteiger partial charge is 0.495 e. The molecule has 0 unspecified atom stereocenters. The number of hydrogen-bond donors (Lipinski definition) is 3. The van der Waals surface area contributed by atoms with Crippen LogP contribution >= 0.6 is 0 Å². The predicted molar refractivity (Wildman–Crippen MR) is 134 cm³/mol. The predicted octanol–water partition coefficient (Wildman–Crippen LogP) is 4.16. The maximum Gasteiger partial charge on any atom is 0.573 e. The zero-order chi connectivity index (χ0) is 26.9. The van der Waals surface area contributed by atoms with Gasteiger partial charge < -0.3 is 25.8 Å². The van der Waals surface area contributed by atoms with Gasteiger partial charge in [0.2, 0.25) is 0 Å². The average molecular weight is 528 g/mol. The molecular weight excluding hydrogens is 503 g/mol. The molecule has 4 aromatic rings. The molecule has 0 aliphatic carbocycles. The van der Waals surface area contributed by atoms with E-state index in [-0.39, 0.29) is 28.9 Å². The molecule has 1 aliphatic rings. The van der Waals surface area contributed by atoms with E-state index < -0.39 is 18.0 Å². The minimum Gasteiger partial charge on any atom is -0.495 e. The van der Waals surface area contributed by atoms with Crippen LogP contribution in [0.3, 0.4) is 0 Å². The Bertz CT molecular complexity index is 1480. The number of rotatable bonds is 6. The minimum absolute atomic E-state index is 0.140. The van der Waals surface area contributed by atoms with Crippen molar-refractivity contribution in [1.82, 2.24) is 25.1 Å². The van der Waals surface area contributed by atoms with E-state index in [0.717, 1.165) is 32.0 Å². The summed E-state index contributed by atoms with van der Waals surface area (Å²) in [7, 11) is 1.42. The largest absolute Gasteiger partial charge is 0.573 e. The highest BCUT2D eigenvalue weighted by atomic mass is 19.4. The number of amides is 1. The molecule has 10 nitrogen and oxygen atoms in total. The van der Waals surface area contributed by atoms with Gasteiger partial charge in [-0.2, -0.15) is 5.10 Å². The van der Waals surface area contributed by atoms with Crippen molar-refractivity contribution in [2.24, 2.45) is 0 Å². The van der Waals surface area contributed by atoms with Crippen LogP contribution in [0, 0.1) is 0 Å². The Kier molecular flexibility index (Phi) is 6.76. The number of fused-ring (bicyclic) bond motifs is 1. The molecule has 13 heteroatoms. The molecule has 1 saturated heterocycles. The van der Waals surface area contributed by atoms with E-state index in [9.17, 15) is 18.0 Å². The van der Waals surface area contributed by atoms with Crippen LogP contribution in [0.25, 0.3) is 22.3 Å². The zero-order valence-corrected chi connectivity index (χ0v) is 20.2. The highest BCUT2D eigenvalue weighted by Crippen LogP contribution is 2.37. The van der Waals surface area contributed by atoms with Gasteiger partial charge in [0.05, 0.1) is 29.8 Å². The number of piperidine rings is 1. The van der Waals surface area contributed by atoms with Gasteiger partial charge in [0.25, 0.3) is 5.91 Å². The van der Waals surface area contributed by atoms with Crippen molar-refractivity contribution in [3.8, 4) is 22.8 Å². The highest BCUT2D eigenvalue weighted by molar-refractivity contribution is 6.07. The van der Waals surface area contributed by atoms with Crippen molar-refractivity contribution >= 4 is 28.4 Å². The number of para-hydroxylation sites is 1. The van der Waals surface area contributed by atoms with Crippen LogP contribution in [0.2, 0.25) is 0 Å². The molecule has 198 valence electrons. The fourth-order valence-electron chi connectivity index (χ4n) is 4.50. The Labute approximate surface area is 215 Å². The van der Waals surface area contributed by atoms with Gasteiger partial charge in [-0.15, -0.1) is 13.2 Å². The third kappa shape index (κ3) is 5.05. The molecule has 1 aliphatic heterocycles. The molecule has 4 N–H and O–H groups in total. The first kappa shape index (κ1) is 25.3. The Balaban J connectivity index is 1.49. The number of nitrogens with one attached hydrogen (secondary N) is 2. The van der Waals surface area contributed by atoms with E-state index in [4.69, 9.17) is 15.6 Å². The van der Waals surface area contributed by atoms with Crippen molar-refractivity contribution < 1.29 is 27.4 Å². The SMILES string of the molecule is COc1cc(-c2nn(C3CCNCC3)c3ncnc(N)c23)ccc1NC(=O)c1ccccc1OC(F)(F)F. The first-order valence-electron chi connectivity index (χ1n) is 11.8. The normalized spacial score (nSPS) is 14.4. The number of nitrogen functional groups attached to an aromatic ring is 1. The summed E-state index contributed by atoms with van der Waals surface area (Å²) in [5, 5.41) is 11.4. The minimum atomic E-state index is -4.94. The van der Waals surface area contributed by atoms with Gasteiger partial charge in [0.15, 0.2) is 5.65 Å². The molecule has 38 heavy (non-hydrogen) atoms. The zero-order valence-electron chi connectivity index (χ0n) is 20.2. The van der Waals surface area contributed by atoms with E-state index in [2.05, 4.69) is 25.3 Å². The average Bonchev–Trinajstić information content (AvgIpc) is 3.30. The fourth-order valence-corrected chi connectivity index (χ4v) is 4.50. The van der Waals surface area contributed by atoms with Crippen LogP contribution in [-0.4, -0.2) is 52.2 Å².